The molecule has 8 heteroatoms. The maximum absolute atomic E-state index is 13.6. The summed E-state index contributed by atoms with van der Waals surface area (Å²) in [5, 5.41) is 6.44. The first kappa shape index (κ1) is 26.9. The van der Waals surface area contributed by atoms with Gasteiger partial charge in [0.05, 0.1) is 25.0 Å². The Morgan fingerprint density at radius 3 is 2.30 bits per heavy atom. The summed E-state index contributed by atoms with van der Waals surface area (Å²) in [6.45, 7) is 0.760. The molecule has 0 spiro atoms. The monoisotopic (exact) mass is 537 g/mol. The van der Waals surface area contributed by atoms with Crippen molar-refractivity contribution in [3.05, 3.63) is 107 Å². The maximum atomic E-state index is 13.6. The van der Waals surface area contributed by atoms with Gasteiger partial charge in [-0.25, -0.2) is 4.79 Å². The molecule has 0 radical (unpaired) electrons. The van der Waals surface area contributed by atoms with Crippen LogP contribution in [-0.4, -0.2) is 43.3 Å². The fourth-order valence-corrected chi connectivity index (χ4v) is 4.93. The molecule has 2 unspecified atom stereocenters. The van der Waals surface area contributed by atoms with Gasteiger partial charge in [0, 0.05) is 23.4 Å². The molecule has 3 amide bonds. The molecule has 4 rings (SSSR count). The number of rotatable bonds is 11. The first-order valence-corrected chi connectivity index (χ1v) is 13.1. The zero-order valence-electron chi connectivity index (χ0n) is 20.3. The van der Waals surface area contributed by atoms with Gasteiger partial charge in [-0.05, 0) is 35.2 Å². The summed E-state index contributed by atoms with van der Waals surface area (Å²) in [6.07, 6.45) is 0.704. The minimum absolute atomic E-state index is 0.0337. The molecule has 1 aliphatic heterocycles. The highest BCUT2D eigenvalue weighted by Crippen LogP contribution is 2.30. The van der Waals surface area contributed by atoms with Gasteiger partial charge in [-0.15, -0.1) is 11.6 Å². The van der Waals surface area contributed by atoms with Gasteiger partial charge in [0.2, 0.25) is 5.91 Å². The molecule has 3 aromatic rings. The molecule has 192 valence electrons. The maximum Gasteiger partial charge on any atom is 0.341 e. The van der Waals surface area contributed by atoms with Crippen LogP contribution in [0.1, 0.15) is 35.1 Å². The Labute approximate surface area is 227 Å². The predicted octanol–water partition coefficient (Wildman–Crippen LogP) is 5.76. The predicted molar refractivity (Wildman–Crippen MR) is 148 cm³/mol. The average molecular weight is 538 g/mol. The fourth-order valence-electron chi connectivity index (χ4n) is 4.62. The molecule has 1 aliphatic rings. The van der Waals surface area contributed by atoms with Gasteiger partial charge in [0.25, 0.3) is 0 Å². The van der Waals surface area contributed by atoms with Crippen LogP contribution in [0.15, 0.2) is 89.9 Å². The summed E-state index contributed by atoms with van der Waals surface area (Å²) in [5.74, 6) is -0.567. The quantitative estimate of drug-likeness (QED) is 0.241. The van der Waals surface area contributed by atoms with Crippen LogP contribution in [0.4, 0.5) is 4.79 Å². The molecule has 0 saturated heterocycles. The van der Waals surface area contributed by atoms with Crippen LogP contribution in [0, 0.1) is 5.92 Å². The van der Waals surface area contributed by atoms with E-state index in [1.54, 1.807) is 18.2 Å². The number of nitrogens with zero attached hydrogens (tertiary/aromatic N) is 1. The molecule has 3 aromatic carbocycles. The van der Waals surface area contributed by atoms with E-state index in [0.717, 1.165) is 5.56 Å². The summed E-state index contributed by atoms with van der Waals surface area (Å²) in [6, 6.07) is 26.4. The molecule has 0 fully saturated rings. The molecule has 37 heavy (non-hydrogen) atoms. The van der Waals surface area contributed by atoms with E-state index in [1.165, 1.54) is 11.1 Å². The normalized spacial score (nSPS) is 17.3. The first-order chi connectivity index (χ1) is 18.1. The van der Waals surface area contributed by atoms with E-state index < -0.39 is 18.0 Å². The van der Waals surface area contributed by atoms with E-state index in [2.05, 4.69) is 39.9 Å². The van der Waals surface area contributed by atoms with Crippen LogP contribution in [0.3, 0.4) is 0 Å². The van der Waals surface area contributed by atoms with Crippen molar-refractivity contribution in [2.45, 2.75) is 18.4 Å². The van der Waals surface area contributed by atoms with Crippen molar-refractivity contribution in [3.8, 4) is 0 Å². The summed E-state index contributed by atoms with van der Waals surface area (Å²) in [5.41, 5.74) is 3.44. The second kappa shape index (κ2) is 13.4. The van der Waals surface area contributed by atoms with Gasteiger partial charge in [-0.2, -0.15) is 4.99 Å². The molecular formula is C29H29Cl2N3O3. The lowest BCUT2D eigenvalue weighted by molar-refractivity contribution is -0.123. The third-order valence-electron chi connectivity index (χ3n) is 6.31. The lowest BCUT2D eigenvalue weighted by atomic mass is 9.86. The number of hydrogen-bond donors (Lipinski definition) is 2. The average Bonchev–Trinajstić information content (AvgIpc) is 2.92. The molecule has 1 heterocycles. The van der Waals surface area contributed by atoms with Crippen LogP contribution in [-0.2, 0) is 9.53 Å². The van der Waals surface area contributed by atoms with Gasteiger partial charge in [-0.1, -0.05) is 84.4 Å². The van der Waals surface area contributed by atoms with Crippen LogP contribution in [0.25, 0.3) is 0 Å². The van der Waals surface area contributed by atoms with Crippen molar-refractivity contribution in [2.24, 2.45) is 10.9 Å². The SMILES string of the molecule is O=C1N=C(COCCCl)C(C(=O)NCCC(c2ccccc2)c2ccccc2)C(c2cccc(Cl)c2)N1. The highest BCUT2D eigenvalue weighted by molar-refractivity contribution is 6.30. The van der Waals surface area contributed by atoms with Gasteiger partial charge in [0.15, 0.2) is 0 Å². The van der Waals surface area contributed by atoms with Crippen molar-refractivity contribution >= 4 is 40.9 Å². The summed E-state index contributed by atoms with van der Waals surface area (Å²) >= 11 is 12.0. The molecule has 0 aliphatic carbocycles. The lowest BCUT2D eigenvalue weighted by Gasteiger charge is -2.32. The van der Waals surface area contributed by atoms with E-state index in [1.807, 2.05) is 42.5 Å². The summed E-state index contributed by atoms with van der Waals surface area (Å²) in [4.78, 5) is 30.1. The fraction of sp³-hybridized carbons (Fsp3) is 0.276. The standard InChI is InChI=1S/C29H29Cl2N3O3/c30-15-17-37-19-25-26(27(34-29(36)33-25)22-12-7-13-23(31)18-22)28(35)32-16-14-24(20-8-3-1-4-9-20)21-10-5-2-6-11-21/h1-13,18,24,26-27H,14-17,19H2,(H,32,35)(H,34,36). The van der Waals surface area contributed by atoms with E-state index in [0.29, 0.717) is 29.6 Å². The van der Waals surface area contributed by atoms with Crippen molar-refractivity contribution < 1.29 is 14.3 Å². The Kier molecular flexibility index (Phi) is 9.71. The van der Waals surface area contributed by atoms with Gasteiger partial charge >= 0.3 is 6.03 Å². The van der Waals surface area contributed by atoms with Crippen LogP contribution >= 0.6 is 23.2 Å². The number of alkyl halides is 1. The molecule has 2 N–H and O–H groups in total. The minimum Gasteiger partial charge on any atom is -0.374 e. The molecule has 6 nitrogen and oxygen atoms in total. The molecular weight excluding hydrogens is 509 g/mol. The topological polar surface area (TPSA) is 79.8 Å². The second-order valence-electron chi connectivity index (χ2n) is 8.76. The Morgan fingerprint density at radius 1 is 1.00 bits per heavy atom. The zero-order valence-corrected chi connectivity index (χ0v) is 21.8. The van der Waals surface area contributed by atoms with Crippen molar-refractivity contribution in [2.75, 3.05) is 25.6 Å². The number of urea groups is 1. The summed E-state index contributed by atoms with van der Waals surface area (Å²) in [7, 11) is 0. The van der Waals surface area contributed by atoms with Crippen LogP contribution in [0.5, 0.6) is 0 Å². The molecule has 0 bridgehead atoms. The third kappa shape index (κ3) is 7.19. The van der Waals surface area contributed by atoms with E-state index >= 15 is 0 Å². The molecule has 0 aromatic heterocycles. The zero-order chi connectivity index (χ0) is 26.0. The number of ether oxygens (including phenoxy) is 1. The van der Waals surface area contributed by atoms with Gasteiger partial charge in [-0.3, -0.25) is 4.79 Å². The van der Waals surface area contributed by atoms with Gasteiger partial charge in [0.1, 0.15) is 5.92 Å². The highest BCUT2D eigenvalue weighted by Gasteiger charge is 2.38. The molecule has 0 saturated carbocycles. The Bertz CT molecular complexity index is 1180. The van der Waals surface area contributed by atoms with Crippen molar-refractivity contribution in [3.63, 3.8) is 0 Å². The van der Waals surface area contributed by atoms with E-state index in [4.69, 9.17) is 27.9 Å². The van der Waals surface area contributed by atoms with E-state index in [9.17, 15) is 9.59 Å². The lowest BCUT2D eigenvalue weighted by Crippen LogP contribution is -2.49. The molecule has 2 atom stereocenters. The van der Waals surface area contributed by atoms with Crippen molar-refractivity contribution in [1.29, 1.82) is 0 Å². The Balaban J connectivity index is 1.54. The van der Waals surface area contributed by atoms with Gasteiger partial charge < -0.3 is 15.4 Å². The van der Waals surface area contributed by atoms with Crippen LogP contribution in [0.2, 0.25) is 5.02 Å². The third-order valence-corrected chi connectivity index (χ3v) is 6.70. The smallest absolute Gasteiger partial charge is 0.341 e. The second-order valence-corrected chi connectivity index (χ2v) is 9.57. The number of nitrogens with one attached hydrogen (secondary N) is 2. The van der Waals surface area contributed by atoms with E-state index in [-0.39, 0.29) is 25.0 Å². The largest absolute Gasteiger partial charge is 0.374 e. The number of halogens is 2. The first-order valence-electron chi connectivity index (χ1n) is 12.2. The highest BCUT2D eigenvalue weighted by atomic mass is 35.5. The number of benzene rings is 3. The number of carbonyl (C=O) groups is 2. The number of aliphatic imine (C=N–C) groups is 1. The Hall–Kier alpha value is -3.19. The number of carbonyl (C=O) groups excluding carboxylic acids is 2. The minimum atomic E-state index is -0.751. The van der Waals surface area contributed by atoms with Crippen LogP contribution < -0.4 is 10.6 Å². The summed E-state index contributed by atoms with van der Waals surface area (Å²) < 4.78 is 5.57. The number of amides is 3. The Morgan fingerprint density at radius 2 is 1.68 bits per heavy atom. The number of hydrogen-bond acceptors (Lipinski definition) is 3. The van der Waals surface area contributed by atoms with Crippen molar-refractivity contribution in [1.82, 2.24) is 10.6 Å².